The van der Waals surface area contributed by atoms with Gasteiger partial charge >= 0.3 is 0 Å². The van der Waals surface area contributed by atoms with E-state index in [0.717, 1.165) is 24.1 Å². The Morgan fingerprint density at radius 2 is 2.10 bits per heavy atom. The van der Waals surface area contributed by atoms with Crippen LogP contribution in [0.3, 0.4) is 0 Å². The first kappa shape index (κ1) is 14.3. The third-order valence-electron chi connectivity index (χ3n) is 3.77. The molecule has 0 spiro atoms. The molecule has 1 heterocycles. The Morgan fingerprint density at radius 3 is 2.95 bits per heavy atom. The van der Waals surface area contributed by atoms with Gasteiger partial charge in [-0.05, 0) is 42.0 Å². The number of thiophene rings is 1. The Hall–Kier alpha value is -1.65. The third kappa shape index (κ3) is 3.01. The zero-order valence-electron chi connectivity index (χ0n) is 12.1. The lowest BCUT2D eigenvalue weighted by Gasteiger charge is -2.15. The molecule has 21 heavy (non-hydrogen) atoms. The van der Waals surface area contributed by atoms with E-state index in [0.29, 0.717) is 13.2 Å². The standard InChI is InChI=1S/C17H19NO2S/c1-20-10-4-9-18-17(19)15-11-13-8-7-12-5-2-3-6-14(12)16(13)21-15/h2-3,5-6,11H,4,7-10H2,1H3,(H,18,19). The van der Waals surface area contributed by atoms with Crippen molar-refractivity contribution < 1.29 is 9.53 Å². The first-order chi connectivity index (χ1) is 10.3. The van der Waals surface area contributed by atoms with Gasteiger partial charge in [0.2, 0.25) is 0 Å². The van der Waals surface area contributed by atoms with E-state index in [2.05, 4.69) is 35.6 Å². The number of methoxy groups -OCH3 is 1. The van der Waals surface area contributed by atoms with Crippen molar-refractivity contribution in [1.29, 1.82) is 0 Å². The fraction of sp³-hybridized carbons (Fsp3) is 0.353. The molecule has 110 valence electrons. The molecular weight excluding hydrogens is 282 g/mol. The van der Waals surface area contributed by atoms with E-state index in [1.807, 2.05) is 0 Å². The molecule has 1 aromatic heterocycles. The number of aryl methyl sites for hydroxylation is 2. The van der Waals surface area contributed by atoms with Crippen LogP contribution in [0.1, 0.15) is 27.2 Å². The average molecular weight is 301 g/mol. The summed E-state index contributed by atoms with van der Waals surface area (Å²) >= 11 is 1.61. The van der Waals surface area contributed by atoms with Gasteiger partial charge in [-0.3, -0.25) is 4.79 Å². The molecule has 0 aliphatic heterocycles. The van der Waals surface area contributed by atoms with Gasteiger partial charge in [0, 0.05) is 25.1 Å². The van der Waals surface area contributed by atoms with Crippen molar-refractivity contribution >= 4 is 17.2 Å². The van der Waals surface area contributed by atoms with Crippen LogP contribution in [0.5, 0.6) is 0 Å². The quantitative estimate of drug-likeness (QED) is 0.861. The smallest absolute Gasteiger partial charge is 0.261 e. The summed E-state index contributed by atoms with van der Waals surface area (Å²) in [5.74, 6) is 0.0305. The molecule has 0 fully saturated rings. The molecule has 0 saturated carbocycles. The largest absolute Gasteiger partial charge is 0.385 e. The average Bonchev–Trinajstić information content (AvgIpc) is 2.96. The van der Waals surface area contributed by atoms with E-state index in [1.54, 1.807) is 18.4 Å². The molecule has 4 heteroatoms. The molecule has 0 radical (unpaired) electrons. The van der Waals surface area contributed by atoms with Crippen LogP contribution < -0.4 is 5.32 Å². The van der Waals surface area contributed by atoms with E-state index in [-0.39, 0.29) is 5.91 Å². The Bertz CT molecular complexity index is 648. The lowest BCUT2D eigenvalue weighted by molar-refractivity contribution is 0.0952. The van der Waals surface area contributed by atoms with Gasteiger partial charge in [-0.1, -0.05) is 24.3 Å². The SMILES string of the molecule is COCCCNC(=O)c1cc2c(s1)-c1ccccc1CC2. The summed E-state index contributed by atoms with van der Waals surface area (Å²) in [7, 11) is 1.67. The molecule has 1 amide bonds. The van der Waals surface area contributed by atoms with Crippen LogP contribution in [0.25, 0.3) is 10.4 Å². The lowest BCUT2D eigenvalue weighted by Crippen LogP contribution is -2.24. The molecule has 1 aliphatic rings. The number of hydrogen-bond donors (Lipinski definition) is 1. The molecule has 3 rings (SSSR count). The first-order valence-corrected chi connectivity index (χ1v) is 8.09. The van der Waals surface area contributed by atoms with Crippen molar-refractivity contribution in [2.24, 2.45) is 0 Å². The fourth-order valence-electron chi connectivity index (χ4n) is 2.69. The minimum atomic E-state index is 0.0305. The third-order valence-corrected chi connectivity index (χ3v) is 4.98. The summed E-state index contributed by atoms with van der Waals surface area (Å²) in [6, 6.07) is 10.5. The van der Waals surface area contributed by atoms with E-state index in [4.69, 9.17) is 4.74 Å². The summed E-state index contributed by atoms with van der Waals surface area (Å²) in [6.07, 6.45) is 2.94. The van der Waals surface area contributed by atoms with Crippen LogP contribution in [0.2, 0.25) is 0 Å². The predicted molar refractivity (Wildman–Crippen MR) is 86.0 cm³/mol. The Labute approximate surface area is 129 Å². The van der Waals surface area contributed by atoms with Crippen molar-refractivity contribution in [3.05, 3.63) is 46.3 Å². The maximum Gasteiger partial charge on any atom is 0.261 e. The summed E-state index contributed by atoms with van der Waals surface area (Å²) in [5.41, 5.74) is 3.99. The molecular formula is C17H19NO2S. The predicted octanol–water partition coefficient (Wildman–Crippen LogP) is 3.28. The summed E-state index contributed by atoms with van der Waals surface area (Å²) < 4.78 is 4.99. The zero-order valence-corrected chi connectivity index (χ0v) is 13.0. The molecule has 1 aromatic carbocycles. The number of ether oxygens (including phenoxy) is 1. The Kier molecular flexibility index (Phi) is 4.36. The molecule has 1 N–H and O–H groups in total. The highest BCUT2D eigenvalue weighted by Crippen LogP contribution is 2.39. The van der Waals surface area contributed by atoms with Gasteiger partial charge in [0.05, 0.1) is 4.88 Å². The van der Waals surface area contributed by atoms with Gasteiger partial charge in [-0.25, -0.2) is 0 Å². The Morgan fingerprint density at radius 1 is 1.29 bits per heavy atom. The number of amides is 1. The Balaban J connectivity index is 1.76. The van der Waals surface area contributed by atoms with Gasteiger partial charge in [-0.2, -0.15) is 0 Å². The van der Waals surface area contributed by atoms with Gasteiger partial charge < -0.3 is 10.1 Å². The van der Waals surface area contributed by atoms with Crippen LogP contribution in [0.15, 0.2) is 30.3 Å². The van der Waals surface area contributed by atoms with Crippen molar-refractivity contribution in [1.82, 2.24) is 5.32 Å². The number of carbonyl (C=O) groups is 1. The number of benzene rings is 1. The van der Waals surface area contributed by atoms with Crippen LogP contribution in [0, 0.1) is 0 Å². The van der Waals surface area contributed by atoms with Gasteiger partial charge in [0.15, 0.2) is 0 Å². The minimum absolute atomic E-state index is 0.0305. The van der Waals surface area contributed by atoms with Crippen molar-refractivity contribution in [2.75, 3.05) is 20.3 Å². The number of nitrogens with one attached hydrogen (secondary N) is 1. The van der Waals surface area contributed by atoms with Crippen LogP contribution in [-0.4, -0.2) is 26.2 Å². The van der Waals surface area contributed by atoms with Crippen LogP contribution in [-0.2, 0) is 17.6 Å². The second-order valence-corrected chi connectivity index (χ2v) is 6.28. The summed E-state index contributed by atoms with van der Waals surface area (Å²) in [4.78, 5) is 14.3. The molecule has 3 nitrogen and oxygen atoms in total. The van der Waals surface area contributed by atoms with E-state index in [1.165, 1.54) is 21.6 Å². The monoisotopic (exact) mass is 301 g/mol. The topological polar surface area (TPSA) is 38.3 Å². The fourth-order valence-corrected chi connectivity index (χ4v) is 3.88. The number of carbonyl (C=O) groups excluding carboxylic acids is 1. The summed E-state index contributed by atoms with van der Waals surface area (Å²) in [5, 5.41) is 2.96. The molecule has 0 unspecified atom stereocenters. The lowest BCUT2D eigenvalue weighted by atomic mass is 9.91. The minimum Gasteiger partial charge on any atom is -0.385 e. The second-order valence-electron chi connectivity index (χ2n) is 5.22. The van der Waals surface area contributed by atoms with Crippen molar-refractivity contribution in [3.63, 3.8) is 0 Å². The summed E-state index contributed by atoms with van der Waals surface area (Å²) in [6.45, 7) is 1.33. The highest BCUT2D eigenvalue weighted by Gasteiger charge is 2.20. The van der Waals surface area contributed by atoms with E-state index < -0.39 is 0 Å². The molecule has 0 atom stereocenters. The molecule has 0 bridgehead atoms. The zero-order chi connectivity index (χ0) is 14.7. The van der Waals surface area contributed by atoms with Gasteiger partial charge in [-0.15, -0.1) is 11.3 Å². The van der Waals surface area contributed by atoms with E-state index >= 15 is 0 Å². The highest BCUT2D eigenvalue weighted by atomic mass is 32.1. The maximum atomic E-state index is 12.2. The van der Waals surface area contributed by atoms with Crippen molar-refractivity contribution in [3.8, 4) is 10.4 Å². The van der Waals surface area contributed by atoms with Gasteiger partial charge in [0.1, 0.15) is 0 Å². The number of hydrogen-bond acceptors (Lipinski definition) is 3. The highest BCUT2D eigenvalue weighted by molar-refractivity contribution is 7.17. The van der Waals surface area contributed by atoms with Crippen LogP contribution >= 0.6 is 11.3 Å². The molecule has 1 aliphatic carbocycles. The van der Waals surface area contributed by atoms with E-state index in [9.17, 15) is 4.79 Å². The van der Waals surface area contributed by atoms with Crippen LogP contribution in [0.4, 0.5) is 0 Å². The van der Waals surface area contributed by atoms with Crippen molar-refractivity contribution in [2.45, 2.75) is 19.3 Å². The normalized spacial score (nSPS) is 12.6. The second kappa shape index (κ2) is 6.41. The molecule has 0 saturated heterocycles. The maximum absolute atomic E-state index is 12.2. The number of rotatable bonds is 5. The first-order valence-electron chi connectivity index (χ1n) is 7.27. The number of fused-ring (bicyclic) bond motifs is 3. The molecule has 2 aromatic rings. The van der Waals surface area contributed by atoms with Gasteiger partial charge in [0.25, 0.3) is 5.91 Å².